The topological polar surface area (TPSA) is 399 Å². The number of anilines is 4. The summed E-state index contributed by atoms with van der Waals surface area (Å²) in [5, 5.41) is 13.5. The van der Waals surface area contributed by atoms with Crippen LogP contribution in [0, 0.1) is 35.5 Å². The quantitative estimate of drug-likeness (QED) is 0.0428. The SMILES string of the molecule is CCNC(=O)[C@H]1O[C@@H](n2cnc3c(NC(=O)Nc4ccccc4S(=O)(=O)NC45CC6CC(CC(C6)C4)C5)ncnc32)C2OC(C)(C)OC21.CCNC(=O)[C@H]1O[C@@H](n2cnc3c(NC(=O)Oc4ccccc4)ncnc32)C2OC(C)(C)OC21.Nc1ccccc1S(=O)(=O)NC12CC3CC(CC(C3)C1)C2. The van der Waals surface area contributed by atoms with E-state index in [4.69, 9.17) is 38.9 Å². The van der Waals surface area contributed by atoms with E-state index in [0.29, 0.717) is 76.8 Å². The predicted molar refractivity (Wildman–Crippen MR) is 372 cm³/mol. The van der Waals surface area contributed by atoms with Crippen molar-refractivity contribution >= 4 is 89.3 Å². The molecule has 9 N–H and O–H groups in total. The highest BCUT2D eigenvalue weighted by molar-refractivity contribution is 7.90. The number of hydrogen-bond donors (Lipinski definition) is 8. The molecule has 4 aromatic heterocycles. The molecule has 8 heterocycles. The van der Waals surface area contributed by atoms with Crippen LogP contribution in [-0.2, 0) is 58.1 Å². The van der Waals surface area contributed by atoms with Gasteiger partial charge in [0.15, 0.2) is 70.2 Å². The fourth-order valence-electron chi connectivity index (χ4n) is 18.5. The Labute approximate surface area is 595 Å². The van der Waals surface area contributed by atoms with Crippen molar-refractivity contribution < 1.29 is 69.2 Å². The molecule has 8 saturated carbocycles. The molecule has 12 aliphatic rings. The molecule has 7 aromatic rings. The van der Waals surface area contributed by atoms with Gasteiger partial charge in [0.25, 0.3) is 11.8 Å². The van der Waals surface area contributed by atoms with Gasteiger partial charge in [-0.1, -0.05) is 42.5 Å². The van der Waals surface area contributed by atoms with Crippen molar-refractivity contribution in [2.45, 2.75) is 200 Å². The molecule has 8 aliphatic carbocycles. The summed E-state index contributed by atoms with van der Waals surface area (Å²) >= 11 is 0. The van der Waals surface area contributed by atoms with Crippen LogP contribution in [0.2, 0.25) is 0 Å². The fraction of sp³-hybridized carbons (Fsp3) is 0.543. The van der Waals surface area contributed by atoms with Crippen molar-refractivity contribution in [2.24, 2.45) is 35.5 Å². The molecule has 0 spiro atoms. The molecule has 33 heteroatoms. The molecule has 103 heavy (non-hydrogen) atoms. The molecule has 8 bridgehead atoms. The number of para-hydroxylation sites is 3. The van der Waals surface area contributed by atoms with E-state index in [-0.39, 0.29) is 50.0 Å². The van der Waals surface area contributed by atoms with Crippen LogP contribution in [0.15, 0.2) is 114 Å². The highest BCUT2D eigenvalue weighted by Crippen LogP contribution is 2.58. The summed E-state index contributed by atoms with van der Waals surface area (Å²) in [6.45, 7) is 11.6. The van der Waals surface area contributed by atoms with Crippen molar-refractivity contribution in [1.29, 1.82) is 0 Å². The number of nitrogens with one attached hydrogen (secondary N) is 7. The standard InChI is InChI=1S/C32H40N8O7S.C22H24N6O6.C16H22N2O2S/c1-4-33-28(41)24-23-25(47-31(2,3)46-23)29(45-24)40-16-36-22-26(34-15-35-27(22)40)38-30(42)37-20-7-5-6-8-21(20)48(43,44)39-32-12-17-9-18(13-32)11-19(10-17)14-32;1-4-23-19(29)15-14-16(34-22(2,3)33-14)20(32-15)28-11-26-13-17(24-10-25-18(13)28)27-21(30)31-12-8-6-5-7-9-12;17-14-3-1-2-4-15(14)21(19,20)18-16-8-11-5-12(9-16)7-13(6-11)10-16/h5-8,15-19,23-25,29,39H,4,9-14H2,1-3H3,(H,33,41)(H2,34,35,37,38,42);5-11,14-16,20H,4H2,1-3H3,(H,23,29)(H,24,25,27,30);1-4,11-13,18H,5-10,17H2/t17?,18?,19?,23?,24-,25?,29+,32?;14?,15-,16?,20+;/m00./s1. The van der Waals surface area contributed by atoms with Gasteiger partial charge in [-0.05, 0) is 190 Å². The van der Waals surface area contributed by atoms with Crippen LogP contribution in [0.5, 0.6) is 5.75 Å². The first-order chi connectivity index (χ1) is 49.2. The summed E-state index contributed by atoms with van der Waals surface area (Å²) in [5.41, 5.74) is 6.99. The van der Waals surface area contributed by atoms with Gasteiger partial charge in [-0.3, -0.25) is 29.4 Å². The van der Waals surface area contributed by atoms with E-state index in [2.05, 4.69) is 65.9 Å². The zero-order chi connectivity index (χ0) is 72.0. The van der Waals surface area contributed by atoms with E-state index in [1.54, 1.807) is 104 Å². The minimum atomic E-state index is -3.94. The number of urea groups is 1. The number of fused-ring (bicyclic) bond motifs is 4. The lowest BCUT2D eigenvalue weighted by atomic mass is 9.53. The first kappa shape index (κ1) is 70.3. The van der Waals surface area contributed by atoms with E-state index in [1.807, 2.05) is 19.9 Å². The van der Waals surface area contributed by atoms with Crippen LogP contribution < -0.4 is 46.5 Å². The molecule has 0 radical (unpaired) electrons. The average Bonchev–Trinajstić information content (AvgIpc) is 1.73. The Morgan fingerprint density at radius 1 is 0.515 bits per heavy atom. The van der Waals surface area contributed by atoms with E-state index in [9.17, 15) is 36.0 Å². The van der Waals surface area contributed by atoms with Crippen molar-refractivity contribution in [1.82, 2.24) is 59.1 Å². The van der Waals surface area contributed by atoms with E-state index in [1.165, 1.54) is 69.9 Å². The van der Waals surface area contributed by atoms with Crippen molar-refractivity contribution in [3.8, 4) is 5.75 Å². The van der Waals surface area contributed by atoms with Crippen molar-refractivity contribution in [2.75, 3.05) is 34.8 Å². The summed E-state index contributed by atoms with van der Waals surface area (Å²) in [6.07, 6.45) is 12.1. The highest BCUT2D eigenvalue weighted by atomic mass is 32.2. The number of rotatable bonds is 16. The van der Waals surface area contributed by atoms with Crippen LogP contribution in [0.25, 0.3) is 22.3 Å². The van der Waals surface area contributed by atoms with Crippen LogP contribution in [0.1, 0.15) is 131 Å². The maximum Gasteiger partial charge on any atom is 0.418 e. The number of imidazole rings is 2. The third kappa shape index (κ3) is 14.2. The van der Waals surface area contributed by atoms with Crippen LogP contribution in [0.4, 0.5) is 32.6 Å². The maximum atomic E-state index is 13.8. The largest absolute Gasteiger partial charge is 0.418 e. The van der Waals surface area contributed by atoms with Gasteiger partial charge in [0, 0.05) is 24.2 Å². The van der Waals surface area contributed by atoms with Gasteiger partial charge in [0.1, 0.15) is 52.6 Å². The molecule has 5 amide bonds. The minimum absolute atomic E-state index is 0.00400. The minimum Gasteiger partial charge on any atom is -0.410 e. The number of nitrogens with two attached hydrogens (primary N) is 1. The second-order valence-electron chi connectivity index (χ2n) is 30.0. The molecule has 4 unspecified atom stereocenters. The summed E-state index contributed by atoms with van der Waals surface area (Å²) < 4.78 is 104. The number of carbonyl (C=O) groups excluding carboxylic acids is 4. The Morgan fingerprint density at radius 2 is 0.922 bits per heavy atom. The lowest BCUT2D eigenvalue weighted by Gasteiger charge is -2.56. The Morgan fingerprint density at radius 3 is 1.38 bits per heavy atom. The van der Waals surface area contributed by atoms with E-state index >= 15 is 0 Å². The Hall–Kier alpha value is -8.38. The smallest absolute Gasteiger partial charge is 0.410 e. The number of hydrogen-bond acceptors (Lipinski definition) is 22. The van der Waals surface area contributed by atoms with E-state index < -0.39 is 98.4 Å². The number of likely N-dealkylation sites (N-methyl/N-ethyl adjacent to an activating group) is 2. The Bertz CT molecular complexity index is 4570. The summed E-state index contributed by atoms with van der Waals surface area (Å²) in [6, 6.07) is 21.1. The number of ether oxygens (including phenoxy) is 7. The number of nitrogens with zero attached hydrogens (tertiary/aromatic N) is 8. The second-order valence-corrected chi connectivity index (χ2v) is 33.3. The molecular formula is C70H86N16O15S2. The molecule has 4 aliphatic heterocycles. The van der Waals surface area contributed by atoms with Crippen LogP contribution >= 0.6 is 0 Å². The predicted octanol–water partition coefficient (Wildman–Crippen LogP) is 7.78. The van der Waals surface area contributed by atoms with Crippen LogP contribution in [0.3, 0.4) is 0 Å². The zero-order valence-electron chi connectivity index (χ0n) is 57.9. The first-order valence-corrected chi connectivity index (χ1v) is 38.3. The third-order valence-corrected chi connectivity index (χ3v) is 24.6. The van der Waals surface area contributed by atoms with E-state index in [0.717, 1.165) is 38.5 Å². The molecule has 12 fully saturated rings. The third-order valence-electron chi connectivity index (χ3n) is 21.4. The number of amides is 5. The molecule has 3 aromatic carbocycles. The molecule has 548 valence electrons. The number of benzene rings is 3. The Kier molecular flexibility index (Phi) is 18.6. The first-order valence-electron chi connectivity index (χ1n) is 35.3. The van der Waals surface area contributed by atoms with Gasteiger partial charge in [-0.25, -0.2) is 65.8 Å². The Balaban J connectivity index is 0.000000135. The summed E-state index contributed by atoms with van der Waals surface area (Å²) in [5.74, 6) is 2.09. The monoisotopic (exact) mass is 1450 g/mol. The lowest BCUT2D eigenvalue weighted by Crippen LogP contribution is -2.59. The second kappa shape index (κ2) is 27.3. The number of aromatic nitrogens is 8. The molecule has 19 rings (SSSR count). The molecular weight excluding hydrogens is 1370 g/mol. The van der Waals surface area contributed by atoms with Crippen LogP contribution in [-0.4, -0.2) is 152 Å². The van der Waals surface area contributed by atoms with Gasteiger partial charge in [-0.15, -0.1) is 0 Å². The maximum absolute atomic E-state index is 13.8. The average molecular weight is 1460 g/mol. The highest BCUT2D eigenvalue weighted by Gasteiger charge is 2.61. The van der Waals surface area contributed by atoms with Crippen molar-refractivity contribution in [3.05, 3.63) is 104 Å². The molecule has 4 saturated heterocycles. The zero-order valence-corrected chi connectivity index (χ0v) is 59.5. The van der Waals surface area contributed by atoms with Gasteiger partial charge >= 0.3 is 12.1 Å². The normalized spacial score (nSPS) is 31.4. The summed E-state index contributed by atoms with van der Waals surface area (Å²) in [7, 11) is -7.47. The van der Waals surface area contributed by atoms with Gasteiger partial charge < -0.3 is 54.8 Å². The number of sulfonamides is 2. The van der Waals surface area contributed by atoms with Crippen molar-refractivity contribution in [3.63, 3.8) is 0 Å². The van der Waals surface area contributed by atoms with Gasteiger partial charge in [0.2, 0.25) is 20.0 Å². The van der Waals surface area contributed by atoms with Gasteiger partial charge in [0.05, 0.1) is 24.0 Å². The number of nitrogen functional groups attached to an aromatic ring is 1. The molecule has 8 atom stereocenters. The molecule has 31 nitrogen and oxygen atoms in total. The fourth-order valence-corrected chi connectivity index (χ4v) is 21.7. The number of carbonyl (C=O) groups is 4. The summed E-state index contributed by atoms with van der Waals surface area (Å²) in [4.78, 5) is 77.2. The lowest BCUT2D eigenvalue weighted by molar-refractivity contribution is -0.198. The van der Waals surface area contributed by atoms with Gasteiger partial charge in [-0.2, -0.15) is 0 Å².